The fraction of sp³-hybridized carbons (Fsp3) is 1.00. The minimum atomic E-state index is -0.242. The summed E-state index contributed by atoms with van der Waals surface area (Å²) in [6, 6.07) is 0.634. The quantitative estimate of drug-likeness (QED) is 0.729. The lowest BCUT2D eigenvalue weighted by Crippen LogP contribution is -2.49. The maximum absolute atomic E-state index is 5.90. The molecule has 19 heavy (non-hydrogen) atoms. The van der Waals surface area contributed by atoms with Crippen molar-refractivity contribution in [2.45, 2.75) is 69.5 Å². The zero-order chi connectivity index (χ0) is 13.6. The van der Waals surface area contributed by atoms with Crippen molar-refractivity contribution in [3.05, 3.63) is 0 Å². The normalized spacial score (nSPS) is 30.0. The van der Waals surface area contributed by atoms with E-state index in [2.05, 4.69) is 30.9 Å². The summed E-state index contributed by atoms with van der Waals surface area (Å²) in [6.45, 7) is 7.08. The van der Waals surface area contributed by atoms with Gasteiger partial charge in [0.05, 0.1) is 13.2 Å². The second-order valence-corrected chi connectivity index (χ2v) is 6.98. The average Bonchev–Trinajstić information content (AvgIpc) is 2.86. The molecule has 2 unspecified atom stereocenters. The van der Waals surface area contributed by atoms with Crippen LogP contribution < -0.4 is 5.32 Å². The van der Waals surface area contributed by atoms with Crippen LogP contribution in [-0.4, -0.2) is 42.6 Å². The maximum atomic E-state index is 5.90. The number of thioether (sulfide) groups is 1. The van der Waals surface area contributed by atoms with E-state index < -0.39 is 0 Å². The molecule has 1 heterocycles. The molecule has 0 aromatic heterocycles. The number of ether oxygens (including phenoxy) is 2. The van der Waals surface area contributed by atoms with Crippen LogP contribution in [0.25, 0.3) is 0 Å². The third-order valence-electron chi connectivity index (χ3n) is 4.16. The van der Waals surface area contributed by atoms with Crippen molar-refractivity contribution < 1.29 is 9.47 Å². The van der Waals surface area contributed by atoms with Crippen LogP contribution in [0.15, 0.2) is 0 Å². The Kier molecular flexibility index (Phi) is 6.46. The van der Waals surface area contributed by atoms with E-state index >= 15 is 0 Å². The Hall–Kier alpha value is 0.230. The predicted molar refractivity (Wildman–Crippen MR) is 81.7 cm³/mol. The first-order valence-corrected chi connectivity index (χ1v) is 8.97. The second-order valence-electron chi connectivity index (χ2n) is 5.63. The molecule has 0 bridgehead atoms. The number of rotatable bonds is 7. The van der Waals surface area contributed by atoms with Crippen molar-refractivity contribution in [2.75, 3.05) is 25.5 Å². The van der Waals surface area contributed by atoms with Crippen LogP contribution >= 0.6 is 11.8 Å². The summed E-state index contributed by atoms with van der Waals surface area (Å²) >= 11 is 2.12. The van der Waals surface area contributed by atoms with E-state index in [1.807, 2.05) is 0 Å². The third-order valence-corrected chi connectivity index (χ3v) is 5.60. The summed E-state index contributed by atoms with van der Waals surface area (Å²) in [4.78, 5) is 0. The zero-order valence-electron chi connectivity index (χ0n) is 12.5. The molecule has 2 rings (SSSR count). The van der Waals surface area contributed by atoms with Crippen LogP contribution in [0.1, 0.15) is 52.4 Å². The van der Waals surface area contributed by atoms with E-state index in [0.29, 0.717) is 11.3 Å². The Balaban J connectivity index is 1.84. The molecule has 1 aliphatic carbocycles. The van der Waals surface area contributed by atoms with Crippen LogP contribution in [0.4, 0.5) is 0 Å². The minimum absolute atomic E-state index is 0.242. The number of hydrogen-bond acceptors (Lipinski definition) is 4. The van der Waals surface area contributed by atoms with Crippen molar-refractivity contribution in [3.63, 3.8) is 0 Å². The lowest BCUT2D eigenvalue weighted by Gasteiger charge is -2.41. The largest absolute Gasteiger partial charge is 0.347 e. The fourth-order valence-electron chi connectivity index (χ4n) is 3.13. The van der Waals surface area contributed by atoms with E-state index in [4.69, 9.17) is 9.47 Å². The second kappa shape index (κ2) is 7.87. The predicted octanol–water partition coefficient (Wildman–Crippen LogP) is 3.18. The monoisotopic (exact) mass is 287 g/mol. The first-order chi connectivity index (χ1) is 9.29. The molecule has 1 saturated heterocycles. The van der Waals surface area contributed by atoms with Crippen LogP contribution in [0.3, 0.4) is 0 Å². The molecule has 4 heteroatoms. The van der Waals surface area contributed by atoms with Crippen molar-refractivity contribution in [2.24, 2.45) is 0 Å². The Morgan fingerprint density at radius 2 is 2.00 bits per heavy atom. The first kappa shape index (κ1) is 15.6. The summed E-state index contributed by atoms with van der Waals surface area (Å²) in [5.74, 6) is 1.03. The molecular weight excluding hydrogens is 258 g/mol. The number of hydrogen-bond donors (Lipinski definition) is 1. The van der Waals surface area contributed by atoms with Gasteiger partial charge in [0.15, 0.2) is 5.79 Å². The molecule has 1 saturated carbocycles. The molecule has 1 spiro atoms. The highest BCUT2D eigenvalue weighted by molar-refractivity contribution is 7.99. The van der Waals surface area contributed by atoms with Crippen LogP contribution in [-0.2, 0) is 9.47 Å². The van der Waals surface area contributed by atoms with Gasteiger partial charge in [0.2, 0.25) is 0 Å². The van der Waals surface area contributed by atoms with Gasteiger partial charge in [-0.25, -0.2) is 0 Å². The highest BCUT2D eigenvalue weighted by atomic mass is 32.2. The molecule has 2 aliphatic rings. The summed E-state index contributed by atoms with van der Waals surface area (Å²) in [6.07, 6.45) is 7.28. The molecule has 3 nitrogen and oxygen atoms in total. The Morgan fingerprint density at radius 1 is 1.21 bits per heavy atom. The van der Waals surface area contributed by atoms with Gasteiger partial charge in [-0.3, -0.25) is 0 Å². The molecule has 0 radical (unpaired) electrons. The summed E-state index contributed by atoms with van der Waals surface area (Å²) in [7, 11) is 0. The standard InChI is InChI=1S/C15H29NO2S/c1-3-5-6-11-19-14-12-15(17-9-10-18-15)8-7-13(14)16-4-2/h13-14,16H,3-12H2,1-2H3. The molecule has 0 amide bonds. The topological polar surface area (TPSA) is 30.5 Å². The summed E-state index contributed by atoms with van der Waals surface area (Å²) < 4.78 is 11.8. The van der Waals surface area contributed by atoms with Gasteiger partial charge in [-0.15, -0.1) is 0 Å². The van der Waals surface area contributed by atoms with Gasteiger partial charge < -0.3 is 14.8 Å². The average molecular weight is 287 g/mol. The third kappa shape index (κ3) is 4.35. The lowest BCUT2D eigenvalue weighted by molar-refractivity contribution is -0.178. The Morgan fingerprint density at radius 3 is 2.68 bits per heavy atom. The van der Waals surface area contributed by atoms with Gasteiger partial charge in [0.25, 0.3) is 0 Å². The number of unbranched alkanes of at least 4 members (excludes halogenated alkanes) is 2. The van der Waals surface area contributed by atoms with Crippen LogP contribution in [0.5, 0.6) is 0 Å². The fourth-order valence-corrected chi connectivity index (χ4v) is 4.64. The van der Waals surface area contributed by atoms with E-state index in [0.717, 1.165) is 32.6 Å². The van der Waals surface area contributed by atoms with Gasteiger partial charge >= 0.3 is 0 Å². The van der Waals surface area contributed by atoms with E-state index in [1.165, 1.54) is 31.4 Å². The highest BCUT2D eigenvalue weighted by Crippen LogP contribution is 2.40. The van der Waals surface area contributed by atoms with Crippen molar-refractivity contribution in [1.82, 2.24) is 5.32 Å². The molecule has 1 N–H and O–H groups in total. The van der Waals surface area contributed by atoms with Gasteiger partial charge in [-0.1, -0.05) is 26.7 Å². The zero-order valence-corrected chi connectivity index (χ0v) is 13.3. The van der Waals surface area contributed by atoms with Crippen molar-refractivity contribution in [3.8, 4) is 0 Å². The van der Waals surface area contributed by atoms with E-state index in [9.17, 15) is 0 Å². The van der Waals surface area contributed by atoms with Gasteiger partial charge in [0, 0.05) is 24.1 Å². The summed E-state index contributed by atoms with van der Waals surface area (Å²) in [5, 5.41) is 4.29. The molecule has 2 fully saturated rings. The van der Waals surface area contributed by atoms with Gasteiger partial charge in [-0.05, 0) is 25.1 Å². The molecule has 0 aromatic carbocycles. The van der Waals surface area contributed by atoms with E-state index in [-0.39, 0.29) is 5.79 Å². The SMILES string of the molecule is CCCCCSC1CC2(CCC1NCC)OCCO2. The van der Waals surface area contributed by atoms with Crippen molar-refractivity contribution >= 4 is 11.8 Å². The molecule has 1 aliphatic heterocycles. The molecule has 2 atom stereocenters. The van der Waals surface area contributed by atoms with Gasteiger partial charge in [-0.2, -0.15) is 11.8 Å². The Bertz CT molecular complexity index is 257. The molecular formula is C15H29NO2S. The van der Waals surface area contributed by atoms with Crippen molar-refractivity contribution in [1.29, 1.82) is 0 Å². The van der Waals surface area contributed by atoms with Crippen LogP contribution in [0.2, 0.25) is 0 Å². The highest BCUT2D eigenvalue weighted by Gasteiger charge is 2.44. The van der Waals surface area contributed by atoms with Crippen LogP contribution in [0, 0.1) is 0 Å². The molecule has 0 aromatic rings. The summed E-state index contributed by atoms with van der Waals surface area (Å²) in [5.41, 5.74) is 0. The Labute approximate surface area is 122 Å². The molecule has 112 valence electrons. The smallest absolute Gasteiger partial charge is 0.169 e. The number of nitrogens with one attached hydrogen (secondary N) is 1. The van der Waals surface area contributed by atoms with E-state index in [1.54, 1.807) is 0 Å². The first-order valence-electron chi connectivity index (χ1n) is 7.92. The minimum Gasteiger partial charge on any atom is -0.347 e. The van der Waals surface area contributed by atoms with Gasteiger partial charge in [0.1, 0.15) is 0 Å². The lowest BCUT2D eigenvalue weighted by atomic mass is 9.89. The maximum Gasteiger partial charge on any atom is 0.169 e.